The molecule has 0 heterocycles. The van der Waals surface area contributed by atoms with E-state index in [1.807, 2.05) is 24.3 Å². The maximum absolute atomic E-state index is 11.4. The first-order chi connectivity index (χ1) is 9.40. The average Bonchev–Trinajstić information content (AvgIpc) is 2.37. The number of ether oxygens (including phenoxy) is 1. The molecule has 0 aromatic heterocycles. The third-order valence-corrected chi connectivity index (χ3v) is 4.45. The minimum absolute atomic E-state index is 0.00472. The molecule has 0 saturated heterocycles. The van der Waals surface area contributed by atoms with Gasteiger partial charge in [0.25, 0.3) is 0 Å². The van der Waals surface area contributed by atoms with Gasteiger partial charge in [0.15, 0.2) is 0 Å². The minimum Gasteiger partial charge on any atom is -0.496 e. The molecule has 20 heavy (non-hydrogen) atoms. The molecule has 0 unspecified atom stereocenters. The third kappa shape index (κ3) is 3.44. The van der Waals surface area contributed by atoms with E-state index in [4.69, 9.17) is 15.6 Å². The van der Waals surface area contributed by atoms with Crippen LogP contribution in [0.15, 0.2) is 57.2 Å². The van der Waals surface area contributed by atoms with Crippen LogP contribution in [0.25, 0.3) is 0 Å². The van der Waals surface area contributed by atoms with Crippen LogP contribution >= 0.6 is 11.8 Å². The fraction of sp³-hybridized carbons (Fsp3) is 0.0769. The summed E-state index contributed by atoms with van der Waals surface area (Å²) in [6, 6.07) is 11.9. The first kappa shape index (κ1) is 14.7. The maximum atomic E-state index is 11.4. The van der Waals surface area contributed by atoms with Gasteiger partial charge in [-0.1, -0.05) is 23.9 Å². The van der Waals surface area contributed by atoms with E-state index >= 15 is 0 Å². The normalized spacial score (nSPS) is 11.3. The number of anilines is 1. The number of sulfonamides is 1. The Kier molecular flexibility index (Phi) is 4.22. The van der Waals surface area contributed by atoms with Crippen molar-refractivity contribution in [2.45, 2.75) is 14.7 Å². The summed E-state index contributed by atoms with van der Waals surface area (Å²) >= 11 is 1.36. The van der Waals surface area contributed by atoms with Crippen LogP contribution in [0.2, 0.25) is 0 Å². The van der Waals surface area contributed by atoms with Crippen LogP contribution in [0.5, 0.6) is 5.75 Å². The second kappa shape index (κ2) is 5.74. The van der Waals surface area contributed by atoms with Crippen molar-refractivity contribution in [1.29, 1.82) is 0 Å². The third-order valence-electron chi connectivity index (χ3n) is 2.53. The van der Waals surface area contributed by atoms with Crippen LogP contribution in [-0.4, -0.2) is 15.5 Å². The van der Waals surface area contributed by atoms with E-state index in [1.54, 1.807) is 13.2 Å². The highest BCUT2D eigenvalue weighted by atomic mass is 32.2. The number of hydrogen-bond acceptors (Lipinski definition) is 5. The number of hydrogen-bond donors (Lipinski definition) is 2. The Morgan fingerprint density at radius 1 is 1.15 bits per heavy atom. The molecule has 7 heteroatoms. The zero-order chi connectivity index (χ0) is 14.8. The molecular formula is C13H14N2O3S2. The summed E-state index contributed by atoms with van der Waals surface area (Å²) < 4.78 is 28.1. The molecule has 0 atom stereocenters. The second-order valence-corrected chi connectivity index (χ2v) is 6.71. The number of rotatable bonds is 4. The van der Waals surface area contributed by atoms with E-state index in [0.717, 1.165) is 4.90 Å². The molecule has 0 saturated carbocycles. The summed E-state index contributed by atoms with van der Waals surface area (Å²) in [5.41, 5.74) is 6.06. The molecule has 4 N–H and O–H groups in total. The number of para-hydroxylation sites is 1. The van der Waals surface area contributed by atoms with Gasteiger partial charge in [-0.3, -0.25) is 0 Å². The number of nitrogen functional groups attached to an aromatic ring is 1. The van der Waals surface area contributed by atoms with Crippen molar-refractivity contribution in [2.75, 3.05) is 12.8 Å². The highest BCUT2D eigenvalue weighted by Crippen LogP contribution is 2.36. The summed E-state index contributed by atoms with van der Waals surface area (Å²) in [4.78, 5) is 1.54. The van der Waals surface area contributed by atoms with Crippen LogP contribution in [-0.2, 0) is 10.0 Å². The van der Waals surface area contributed by atoms with E-state index in [1.165, 1.54) is 23.9 Å². The lowest BCUT2D eigenvalue weighted by Crippen LogP contribution is -2.12. The van der Waals surface area contributed by atoms with Crippen LogP contribution < -0.4 is 15.6 Å². The largest absolute Gasteiger partial charge is 0.496 e. The standard InChI is InChI=1S/C13H14N2O3S2/c1-18-12-4-2-3-5-13(12)19-10-6-9(14)7-11(8-10)20(15,16)17/h2-8H,14H2,1H3,(H2,15,16,17). The van der Waals surface area contributed by atoms with E-state index < -0.39 is 10.0 Å². The quantitative estimate of drug-likeness (QED) is 0.843. The summed E-state index contributed by atoms with van der Waals surface area (Å²) in [7, 11) is -2.20. The van der Waals surface area contributed by atoms with Crippen molar-refractivity contribution < 1.29 is 13.2 Å². The Hall–Kier alpha value is -1.70. The topological polar surface area (TPSA) is 95.4 Å². The predicted octanol–water partition coefficient (Wildman–Crippen LogP) is 2.08. The fourth-order valence-electron chi connectivity index (χ4n) is 1.65. The maximum Gasteiger partial charge on any atom is 0.238 e. The van der Waals surface area contributed by atoms with Crippen LogP contribution in [0.4, 0.5) is 5.69 Å². The highest BCUT2D eigenvalue weighted by Gasteiger charge is 2.12. The van der Waals surface area contributed by atoms with Gasteiger partial charge in [-0.05, 0) is 30.3 Å². The zero-order valence-electron chi connectivity index (χ0n) is 10.7. The van der Waals surface area contributed by atoms with E-state index in [-0.39, 0.29) is 4.90 Å². The molecule has 0 radical (unpaired) electrons. The lowest BCUT2D eigenvalue weighted by atomic mass is 10.3. The lowest BCUT2D eigenvalue weighted by molar-refractivity contribution is 0.405. The van der Waals surface area contributed by atoms with Gasteiger partial charge in [0.2, 0.25) is 10.0 Å². The Labute approximate surface area is 122 Å². The molecule has 0 aliphatic heterocycles. The molecule has 0 amide bonds. The second-order valence-electron chi connectivity index (χ2n) is 4.04. The molecule has 0 bridgehead atoms. The smallest absolute Gasteiger partial charge is 0.238 e. The Morgan fingerprint density at radius 2 is 1.85 bits per heavy atom. The van der Waals surface area contributed by atoms with Crippen molar-refractivity contribution >= 4 is 27.5 Å². The van der Waals surface area contributed by atoms with Gasteiger partial charge in [-0.25, -0.2) is 13.6 Å². The van der Waals surface area contributed by atoms with E-state index in [9.17, 15) is 8.42 Å². The van der Waals surface area contributed by atoms with Gasteiger partial charge in [-0.2, -0.15) is 0 Å². The van der Waals surface area contributed by atoms with Gasteiger partial charge >= 0.3 is 0 Å². The monoisotopic (exact) mass is 310 g/mol. The SMILES string of the molecule is COc1ccccc1Sc1cc(N)cc(S(N)(=O)=O)c1. The highest BCUT2D eigenvalue weighted by molar-refractivity contribution is 7.99. The van der Waals surface area contributed by atoms with Gasteiger partial charge in [0.05, 0.1) is 16.9 Å². The fourth-order valence-corrected chi connectivity index (χ4v) is 3.35. The number of nitrogens with two attached hydrogens (primary N) is 2. The molecule has 5 nitrogen and oxygen atoms in total. The van der Waals surface area contributed by atoms with Gasteiger partial charge in [0, 0.05) is 10.6 Å². The molecule has 2 aromatic carbocycles. The number of primary sulfonamides is 1. The molecular weight excluding hydrogens is 296 g/mol. The first-order valence-corrected chi connectivity index (χ1v) is 8.00. The van der Waals surface area contributed by atoms with Crippen molar-refractivity contribution in [3.63, 3.8) is 0 Å². The number of methoxy groups -OCH3 is 1. The zero-order valence-corrected chi connectivity index (χ0v) is 12.4. The molecule has 0 aliphatic rings. The minimum atomic E-state index is -3.78. The van der Waals surface area contributed by atoms with E-state index in [0.29, 0.717) is 16.3 Å². The summed E-state index contributed by atoms with van der Waals surface area (Å²) in [5.74, 6) is 0.706. The summed E-state index contributed by atoms with van der Waals surface area (Å²) in [6.07, 6.45) is 0. The number of benzene rings is 2. The van der Waals surface area contributed by atoms with Crippen molar-refractivity contribution in [2.24, 2.45) is 5.14 Å². The van der Waals surface area contributed by atoms with Crippen molar-refractivity contribution in [3.8, 4) is 5.75 Å². The van der Waals surface area contributed by atoms with E-state index in [2.05, 4.69) is 0 Å². The predicted molar refractivity (Wildman–Crippen MR) is 79.3 cm³/mol. The van der Waals surface area contributed by atoms with Crippen LogP contribution in [0.3, 0.4) is 0 Å². The van der Waals surface area contributed by atoms with Gasteiger partial charge in [-0.15, -0.1) is 0 Å². The van der Waals surface area contributed by atoms with Crippen molar-refractivity contribution in [1.82, 2.24) is 0 Å². The molecule has 2 aromatic rings. The Morgan fingerprint density at radius 3 is 2.50 bits per heavy atom. The Bertz CT molecular complexity index is 730. The molecule has 2 rings (SSSR count). The molecule has 0 aliphatic carbocycles. The molecule has 0 spiro atoms. The summed E-state index contributed by atoms with van der Waals surface area (Å²) in [6.45, 7) is 0. The Balaban J connectivity index is 2.42. The van der Waals surface area contributed by atoms with Gasteiger partial charge in [0.1, 0.15) is 5.75 Å². The average molecular weight is 310 g/mol. The molecule has 0 fully saturated rings. The molecule has 106 valence electrons. The lowest BCUT2D eigenvalue weighted by Gasteiger charge is -2.09. The van der Waals surface area contributed by atoms with Crippen molar-refractivity contribution in [3.05, 3.63) is 42.5 Å². The van der Waals surface area contributed by atoms with Gasteiger partial charge < -0.3 is 10.5 Å². The summed E-state index contributed by atoms with van der Waals surface area (Å²) in [5, 5.41) is 5.13. The van der Waals surface area contributed by atoms with Crippen LogP contribution in [0, 0.1) is 0 Å². The first-order valence-electron chi connectivity index (χ1n) is 5.64. The van der Waals surface area contributed by atoms with Crippen LogP contribution in [0.1, 0.15) is 0 Å².